The normalized spacial score (nSPS) is 15.1. The summed E-state index contributed by atoms with van der Waals surface area (Å²) in [5.41, 5.74) is 4.42. The highest BCUT2D eigenvalue weighted by atomic mass is 32.1. The van der Waals surface area contributed by atoms with E-state index in [0.29, 0.717) is 35.5 Å². The SMILES string of the molecule is COc1cnc2c(-c3nc4cc(F)c5c(c4s3)C[C@@H](CNC(=O)OCC(C)(C)C)O5)cc(C)cc2n1. The van der Waals surface area contributed by atoms with Crippen molar-refractivity contribution in [1.82, 2.24) is 20.3 Å². The number of aromatic nitrogens is 3. The number of nitrogens with one attached hydrogen (secondary N) is 1. The van der Waals surface area contributed by atoms with Crippen LogP contribution in [0.15, 0.2) is 24.4 Å². The molecule has 1 N–H and O–H groups in total. The second-order valence-electron chi connectivity index (χ2n) is 10.1. The van der Waals surface area contributed by atoms with Gasteiger partial charge in [0.25, 0.3) is 0 Å². The molecule has 36 heavy (non-hydrogen) atoms. The highest BCUT2D eigenvalue weighted by Crippen LogP contribution is 2.43. The lowest BCUT2D eigenvalue weighted by atomic mass is 9.99. The summed E-state index contributed by atoms with van der Waals surface area (Å²) in [5.74, 6) is 0.180. The number of carbonyl (C=O) groups is 1. The van der Waals surface area contributed by atoms with Crippen LogP contribution < -0.4 is 14.8 Å². The zero-order valence-electron chi connectivity index (χ0n) is 20.8. The maximum absolute atomic E-state index is 14.9. The average molecular weight is 511 g/mol. The molecule has 2 aromatic heterocycles. The average Bonchev–Trinajstić information content (AvgIpc) is 3.44. The number of hydrogen-bond donors (Lipinski definition) is 1. The van der Waals surface area contributed by atoms with Crippen LogP contribution in [0.2, 0.25) is 0 Å². The van der Waals surface area contributed by atoms with Crippen molar-refractivity contribution in [1.29, 1.82) is 0 Å². The van der Waals surface area contributed by atoms with Crippen LogP contribution >= 0.6 is 11.3 Å². The number of benzene rings is 2. The van der Waals surface area contributed by atoms with Crippen molar-refractivity contribution in [2.45, 2.75) is 40.2 Å². The van der Waals surface area contributed by atoms with E-state index in [9.17, 15) is 9.18 Å². The van der Waals surface area contributed by atoms with Crippen LogP contribution in [0.25, 0.3) is 31.8 Å². The molecule has 1 aliphatic heterocycles. The molecular weight excluding hydrogens is 483 g/mol. The molecule has 0 bridgehead atoms. The summed E-state index contributed by atoms with van der Waals surface area (Å²) in [7, 11) is 1.55. The number of nitrogens with zero attached hydrogens (tertiary/aromatic N) is 3. The fraction of sp³-hybridized carbons (Fsp3) is 0.385. The van der Waals surface area contributed by atoms with Crippen molar-refractivity contribution < 1.29 is 23.4 Å². The van der Waals surface area contributed by atoms with Gasteiger partial charge in [-0.2, -0.15) is 0 Å². The van der Waals surface area contributed by atoms with Gasteiger partial charge in [0, 0.05) is 23.6 Å². The number of thiazole rings is 1. The molecule has 0 radical (unpaired) electrons. The summed E-state index contributed by atoms with van der Waals surface area (Å²) in [6.45, 7) is 8.44. The first-order valence-electron chi connectivity index (χ1n) is 11.6. The van der Waals surface area contributed by atoms with E-state index in [0.717, 1.165) is 26.4 Å². The number of carbonyl (C=O) groups excluding carboxylic acids is 1. The van der Waals surface area contributed by atoms with Crippen LogP contribution in [0.4, 0.5) is 9.18 Å². The number of ether oxygens (including phenoxy) is 3. The molecular formula is C26H27FN4O4S. The quantitative estimate of drug-likeness (QED) is 0.382. The Kier molecular flexibility index (Phi) is 6.15. The van der Waals surface area contributed by atoms with Gasteiger partial charge in [0.15, 0.2) is 11.6 Å². The van der Waals surface area contributed by atoms with Crippen molar-refractivity contribution >= 4 is 38.7 Å². The minimum atomic E-state index is -0.515. The lowest BCUT2D eigenvalue weighted by Gasteiger charge is -2.18. The minimum absolute atomic E-state index is 0.129. The van der Waals surface area contributed by atoms with Crippen molar-refractivity contribution in [3.63, 3.8) is 0 Å². The van der Waals surface area contributed by atoms with Crippen LogP contribution in [0.1, 0.15) is 31.9 Å². The van der Waals surface area contributed by atoms with Gasteiger partial charge < -0.3 is 19.5 Å². The number of halogens is 1. The van der Waals surface area contributed by atoms with Crippen LogP contribution in [-0.4, -0.2) is 47.4 Å². The Morgan fingerprint density at radius 1 is 1.25 bits per heavy atom. The number of methoxy groups -OCH3 is 1. The fourth-order valence-corrected chi connectivity index (χ4v) is 5.21. The maximum atomic E-state index is 14.9. The van der Waals surface area contributed by atoms with Crippen LogP contribution in [-0.2, 0) is 11.2 Å². The lowest BCUT2D eigenvalue weighted by Crippen LogP contribution is -2.36. The molecule has 0 aliphatic carbocycles. The molecule has 0 fully saturated rings. The Morgan fingerprint density at radius 3 is 2.81 bits per heavy atom. The van der Waals surface area contributed by atoms with Crippen LogP contribution in [0.5, 0.6) is 11.6 Å². The van der Waals surface area contributed by atoms with Gasteiger partial charge in [-0.1, -0.05) is 20.8 Å². The Labute approximate surface area is 211 Å². The number of aryl methyl sites for hydroxylation is 1. The monoisotopic (exact) mass is 510 g/mol. The van der Waals surface area contributed by atoms with E-state index in [1.807, 2.05) is 39.8 Å². The van der Waals surface area contributed by atoms with Crippen molar-refractivity contribution in [2.24, 2.45) is 5.41 Å². The Balaban J connectivity index is 1.42. The van der Waals surface area contributed by atoms with Gasteiger partial charge in [-0.25, -0.2) is 24.1 Å². The van der Waals surface area contributed by atoms with Crippen molar-refractivity contribution in [2.75, 3.05) is 20.3 Å². The predicted molar refractivity (Wildman–Crippen MR) is 136 cm³/mol. The van der Waals surface area contributed by atoms with Crippen molar-refractivity contribution in [3.8, 4) is 22.2 Å². The van der Waals surface area contributed by atoms with Gasteiger partial charge in [0.2, 0.25) is 5.88 Å². The molecule has 0 spiro atoms. The third kappa shape index (κ3) is 4.77. The highest BCUT2D eigenvalue weighted by Gasteiger charge is 2.30. The predicted octanol–water partition coefficient (Wildman–Crippen LogP) is 5.44. The zero-order chi connectivity index (χ0) is 25.6. The number of rotatable bonds is 5. The molecule has 2 aromatic carbocycles. The van der Waals surface area contributed by atoms with Gasteiger partial charge in [-0.05, 0) is 30.0 Å². The van der Waals surface area contributed by atoms with E-state index in [2.05, 4.69) is 15.3 Å². The first kappa shape index (κ1) is 24.2. The number of amides is 1. The summed E-state index contributed by atoms with van der Waals surface area (Å²) in [6.07, 6.45) is 1.12. The van der Waals surface area contributed by atoms with Gasteiger partial charge in [-0.15, -0.1) is 11.3 Å². The molecule has 5 rings (SSSR count). The Bertz CT molecular complexity index is 1480. The first-order chi connectivity index (χ1) is 17.1. The molecule has 0 saturated heterocycles. The zero-order valence-corrected chi connectivity index (χ0v) is 21.6. The maximum Gasteiger partial charge on any atom is 0.407 e. The van der Waals surface area contributed by atoms with Crippen molar-refractivity contribution in [3.05, 3.63) is 41.3 Å². The largest absolute Gasteiger partial charge is 0.485 e. The van der Waals surface area contributed by atoms with E-state index in [1.165, 1.54) is 17.4 Å². The molecule has 4 aromatic rings. The fourth-order valence-electron chi connectivity index (χ4n) is 4.10. The molecule has 1 amide bonds. The smallest absolute Gasteiger partial charge is 0.407 e. The Morgan fingerprint density at radius 2 is 2.06 bits per heavy atom. The van der Waals surface area contributed by atoms with Gasteiger partial charge in [0.1, 0.15) is 11.1 Å². The molecule has 8 nitrogen and oxygen atoms in total. The van der Waals surface area contributed by atoms with Crippen LogP contribution in [0, 0.1) is 18.2 Å². The number of hydrogen-bond acceptors (Lipinski definition) is 8. The summed E-state index contributed by atoms with van der Waals surface area (Å²) in [6, 6.07) is 5.34. The third-order valence-electron chi connectivity index (χ3n) is 5.72. The third-order valence-corrected chi connectivity index (χ3v) is 6.88. The summed E-state index contributed by atoms with van der Waals surface area (Å²) in [4.78, 5) is 25.8. The van der Waals surface area contributed by atoms with Gasteiger partial charge in [-0.3, -0.25) is 0 Å². The number of fused-ring (bicyclic) bond motifs is 4. The molecule has 188 valence electrons. The minimum Gasteiger partial charge on any atom is -0.485 e. The van der Waals surface area contributed by atoms with Gasteiger partial charge in [0.05, 0.1) is 47.7 Å². The molecule has 0 unspecified atom stereocenters. The molecule has 1 aliphatic rings. The molecule has 0 saturated carbocycles. The topological polar surface area (TPSA) is 95.5 Å². The lowest BCUT2D eigenvalue weighted by molar-refractivity contribution is 0.102. The Hall–Kier alpha value is -3.53. The van der Waals surface area contributed by atoms with E-state index in [-0.39, 0.29) is 17.7 Å². The van der Waals surface area contributed by atoms with E-state index in [1.54, 1.807) is 13.3 Å². The van der Waals surface area contributed by atoms with Crippen LogP contribution in [0.3, 0.4) is 0 Å². The summed E-state index contributed by atoms with van der Waals surface area (Å²) >= 11 is 1.47. The first-order valence-corrected chi connectivity index (χ1v) is 12.4. The van der Waals surface area contributed by atoms with E-state index < -0.39 is 18.0 Å². The summed E-state index contributed by atoms with van der Waals surface area (Å²) < 4.78 is 32.1. The van der Waals surface area contributed by atoms with E-state index >= 15 is 0 Å². The standard InChI is InChI=1S/C26H27FN4O4S/c1-13-6-15(21-18(7-13)30-20(33-5)11-28-21)24-31-19-9-17(27)22-16(23(19)36-24)8-14(35-22)10-29-25(32)34-12-26(2,3)4/h6-7,9,11,14H,8,10,12H2,1-5H3,(H,29,32)/t14-/m0/s1. The molecule has 3 heterocycles. The van der Waals surface area contributed by atoms with Gasteiger partial charge >= 0.3 is 6.09 Å². The second-order valence-corrected chi connectivity index (χ2v) is 11.1. The molecule has 1 atom stereocenters. The number of alkyl carbamates (subject to hydrolysis) is 1. The van der Waals surface area contributed by atoms with E-state index in [4.69, 9.17) is 19.2 Å². The second kappa shape index (κ2) is 9.16. The summed E-state index contributed by atoms with van der Waals surface area (Å²) in [5, 5.41) is 3.44. The highest BCUT2D eigenvalue weighted by molar-refractivity contribution is 7.22. The molecule has 10 heteroatoms.